The van der Waals surface area contributed by atoms with E-state index in [1.807, 2.05) is 6.92 Å². The number of aliphatic hydroxyl groups excluding tert-OH is 1. The van der Waals surface area contributed by atoms with Crippen LogP contribution in [0.25, 0.3) is 0 Å². The minimum absolute atomic E-state index is 0.166. The Morgan fingerprint density at radius 3 is 2.71 bits per heavy atom. The molecule has 0 aromatic rings. The monoisotopic (exact) mass is 194 g/mol. The van der Waals surface area contributed by atoms with E-state index in [0.717, 1.165) is 31.3 Å². The van der Waals surface area contributed by atoms with Crippen LogP contribution in [0.2, 0.25) is 0 Å². The third kappa shape index (κ3) is 1.17. The number of hydrogen-bond donors (Lipinski definition) is 1. The minimum Gasteiger partial charge on any atom is -0.392 e. The Hall–Kier alpha value is -0.630. The zero-order valence-electron chi connectivity index (χ0n) is 8.92. The second-order valence-electron chi connectivity index (χ2n) is 4.89. The summed E-state index contributed by atoms with van der Waals surface area (Å²) in [6.07, 6.45) is 4.92. The minimum atomic E-state index is -0.431. The van der Waals surface area contributed by atoms with Crippen LogP contribution in [0.15, 0.2) is 11.6 Å². The van der Waals surface area contributed by atoms with Crippen molar-refractivity contribution in [3.05, 3.63) is 11.6 Å². The number of carbonyl (C=O) groups excluding carboxylic acids is 1. The Kier molecular flexibility index (Phi) is 2.26. The highest BCUT2D eigenvalue weighted by molar-refractivity contribution is 5.97. The van der Waals surface area contributed by atoms with Gasteiger partial charge in [-0.15, -0.1) is 0 Å². The lowest BCUT2D eigenvalue weighted by Crippen LogP contribution is -2.43. The van der Waals surface area contributed by atoms with Gasteiger partial charge in [-0.05, 0) is 44.6 Å². The van der Waals surface area contributed by atoms with Gasteiger partial charge < -0.3 is 5.11 Å². The van der Waals surface area contributed by atoms with Gasteiger partial charge in [0.1, 0.15) is 0 Å². The lowest BCUT2D eigenvalue weighted by molar-refractivity contribution is -0.132. The average molecular weight is 194 g/mol. The van der Waals surface area contributed by atoms with Gasteiger partial charge in [-0.3, -0.25) is 4.79 Å². The molecule has 1 fully saturated rings. The second kappa shape index (κ2) is 3.20. The summed E-state index contributed by atoms with van der Waals surface area (Å²) in [6.45, 7) is 4.10. The molecule has 1 saturated carbocycles. The van der Waals surface area contributed by atoms with E-state index >= 15 is 0 Å². The first-order valence-corrected chi connectivity index (χ1v) is 5.47. The summed E-state index contributed by atoms with van der Waals surface area (Å²) in [5.41, 5.74) is 0.728. The molecule has 78 valence electrons. The van der Waals surface area contributed by atoms with Gasteiger partial charge >= 0.3 is 0 Å². The Morgan fingerprint density at radius 2 is 2.21 bits per heavy atom. The third-order valence-corrected chi connectivity index (χ3v) is 4.12. The fourth-order valence-electron chi connectivity index (χ4n) is 3.03. The fraction of sp³-hybridized carbons (Fsp3) is 0.750. The standard InChI is InChI=1S/C12H18O2/c1-8-5-6-12(11(14)7-8)9(2)3-4-10(12)13/h7,9-10,13H,3-6H2,1-2H3/t9-,10-,12-/m1/s1. The highest BCUT2D eigenvalue weighted by Crippen LogP contribution is 2.50. The largest absolute Gasteiger partial charge is 0.392 e. The third-order valence-electron chi connectivity index (χ3n) is 4.12. The molecule has 2 heteroatoms. The van der Waals surface area contributed by atoms with Gasteiger partial charge in [0.05, 0.1) is 11.5 Å². The van der Waals surface area contributed by atoms with Crippen LogP contribution in [0.3, 0.4) is 0 Å². The Morgan fingerprint density at radius 1 is 1.50 bits per heavy atom. The van der Waals surface area contributed by atoms with Gasteiger partial charge in [-0.2, -0.15) is 0 Å². The predicted molar refractivity (Wildman–Crippen MR) is 54.8 cm³/mol. The molecule has 0 radical (unpaired) electrons. The van der Waals surface area contributed by atoms with Gasteiger partial charge in [0.2, 0.25) is 0 Å². The maximum Gasteiger partial charge on any atom is 0.164 e. The van der Waals surface area contributed by atoms with Crippen LogP contribution in [-0.2, 0) is 4.79 Å². The molecule has 1 spiro atoms. The molecular weight excluding hydrogens is 176 g/mol. The van der Waals surface area contributed by atoms with E-state index in [9.17, 15) is 9.90 Å². The van der Waals surface area contributed by atoms with Crippen molar-refractivity contribution in [3.8, 4) is 0 Å². The highest BCUT2D eigenvalue weighted by atomic mass is 16.3. The van der Waals surface area contributed by atoms with E-state index in [1.54, 1.807) is 6.08 Å². The Bertz CT molecular complexity index is 281. The van der Waals surface area contributed by atoms with Crippen LogP contribution in [0.4, 0.5) is 0 Å². The van der Waals surface area contributed by atoms with E-state index in [1.165, 1.54) is 0 Å². The number of rotatable bonds is 0. The summed E-state index contributed by atoms with van der Waals surface area (Å²) < 4.78 is 0. The van der Waals surface area contributed by atoms with Crippen LogP contribution >= 0.6 is 0 Å². The molecule has 0 amide bonds. The molecule has 0 aromatic carbocycles. The summed E-state index contributed by atoms with van der Waals surface area (Å²) in [7, 11) is 0. The molecule has 0 unspecified atom stereocenters. The number of hydrogen-bond acceptors (Lipinski definition) is 2. The topological polar surface area (TPSA) is 37.3 Å². The van der Waals surface area contributed by atoms with E-state index < -0.39 is 11.5 Å². The number of carbonyl (C=O) groups is 1. The summed E-state index contributed by atoms with van der Waals surface area (Å²) in [6, 6.07) is 0. The summed E-state index contributed by atoms with van der Waals surface area (Å²) in [5.74, 6) is 0.508. The van der Waals surface area contributed by atoms with Crippen molar-refractivity contribution in [2.75, 3.05) is 0 Å². The van der Waals surface area contributed by atoms with Gasteiger partial charge in [0.25, 0.3) is 0 Å². The van der Waals surface area contributed by atoms with E-state index in [-0.39, 0.29) is 5.78 Å². The molecule has 2 aliphatic rings. The van der Waals surface area contributed by atoms with Crippen molar-refractivity contribution in [2.24, 2.45) is 11.3 Å². The molecular formula is C12H18O2. The van der Waals surface area contributed by atoms with Crippen molar-refractivity contribution >= 4 is 5.78 Å². The van der Waals surface area contributed by atoms with E-state index in [2.05, 4.69) is 6.92 Å². The molecule has 2 aliphatic carbocycles. The van der Waals surface area contributed by atoms with Gasteiger partial charge in [-0.1, -0.05) is 12.5 Å². The summed E-state index contributed by atoms with van der Waals surface area (Å²) in [4.78, 5) is 12.0. The molecule has 14 heavy (non-hydrogen) atoms. The quantitative estimate of drug-likeness (QED) is 0.641. The maximum atomic E-state index is 12.0. The van der Waals surface area contributed by atoms with Crippen LogP contribution < -0.4 is 0 Å². The Balaban J connectivity index is 2.36. The van der Waals surface area contributed by atoms with Crippen molar-refractivity contribution < 1.29 is 9.90 Å². The van der Waals surface area contributed by atoms with Crippen LogP contribution in [-0.4, -0.2) is 17.0 Å². The molecule has 2 nitrogen and oxygen atoms in total. The van der Waals surface area contributed by atoms with Crippen LogP contribution in [0.5, 0.6) is 0 Å². The lowest BCUT2D eigenvalue weighted by atomic mass is 9.67. The zero-order chi connectivity index (χ0) is 10.3. The lowest BCUT2D eigenvalue weighted by Gasteiger charge is -2.37. The molecule has 2 rings (SSSR count). The molecule has 0 bridgehead atoms. The fourth-order valence-corrected chi connectivity index (χ4v) is 3.03. The first-order chi connectivity index (χ1) is 6.57. The second-order valence-corrected chi connectivity index (χ2v) is 4.89. The van der Waals surface area contributed by atoms with Crippen molar-refractivity contribution in [3.63, 3.8) is 0 Å². The van der Waals surface area contributed by atoms with Crippen molar-refractivity contribution in [1.29, 1.82) is 0 Å². The summed E-state index contributed by atoms with van der Waals surface area (Å²) >= 11 is 0. The Labute approximate surface area is 85.0 Å². The van der Waals surface area contributed by atoms with E-state index in [0.29, 0.717) is 5.92 Å². The van der Waals surface area contributed by atoms with Crippen LogP contribution in [0.1, 0.15) is 39.5 Å². The van der Waals surface area contributed by atoms with Gasteiger partial charge in [0, 0.05) is 0 Å². The SMILES string of the molecule is CC1=CC(=O)[C@]2(CC1)[C@H](C)CC[C@H]2O. The number of aliphatic hydroxyl groups is 1. The number of allylic oxidation sites excluding steroid dienone is 2. The highest BCUT2D eigenvalue weighted by Gasteiger charge is 2.52. The van der Waals surface area contributed by atoms with Gasteiger partial charge in [0.15, 0.2) is 5.78 Å². The zero-order valence-corrected chi connectivity index (χ0v) is 8.92. The molecule has 0 heterocycles. The normalized spacial score (nSPS) is 43.1. The first kappa shape index (κ1) is 9.91. The van der Waals surface area contributed by atoms with E-state index in [4.69, 9.17) is 0 Å². The smallest absolute Gasteiger partial charge is 0.164 e. The van der Waals surface area contributed by atoms with Crippen molar-refractivity contribution in [2.45, 2.75) is 45.6 Å². The van der Waals surface area contributed by atoms with Gasteiger partial charge in [-0.25, -0.2) is 0 Å². The average Bonchev–Trinajstić information content (AvgIpc) is 2.40. The molecule has 0 saturated heterocycles. The predicted octanol–water partition coefficient (Wildman–Crippen LogP) is 2.07. The molecule has 3 atom stereocenters. The number of ketones is 1. The van der Waals surface area contributed by atoms with Crippen molar-refractivity contribution in [1.82, 2.24) is 0 Å². The molecule has 0 aromatic heterocycles. The first-order valence-electron chi connectivity index (χ1n) is 5.47. The van der Waals surface area contributed by atoms with Crippen LogP contribution in [0, 0.1) is 11.3 Å². The molecule has 0 aliphatic heterocycles. The summed E-state index contributed by atoms with van der Waals surface area (Å²) in [5, 5.41) is 9.98. The molecule has 1 N–H and O–H groups in total. The maximum absolute atomic E-state index is 12.0.